The Kier molecular flexibility index (Phi) is 8.86. The average Bonchev–Trinajstić information content (AvgIpc) is 2.68. The van der Waals surface area contributed by atoms with Gasteiger partial charge in [0.25, 0.3) is 0 Å². The summed E-state index contributed by atoms with van der Waals surface area (Å²) in [5, 5.41) is 0. The molecule has 0 saturated carbocycles. The molecule has 1 aromatic rings. The molecule has 0 aliphatic rings. The number of rotatable bonds is 9. The summed E-state index contributed by atoms with van der Waals surface area (Å²) in [7, 11) is 0. The highest BCUT2D eigenvalue weighted by Crippen LogP contribution is 2.37. The third-order valence-electron chi connectivity index (χ3n) is 3.25. The second-order valence-electron chi connectivity index (χ2n) is 4.98. The van der Waals surface area contributed by atoms with Crippen LogP contribution < -0.4 is 0 Å². The molecule has 0 amide bonds. The summed E-state index contributed by atoms with van der Waals surface area (Å²) in [4.78, 5) is 2.01. The molecule has 104 valence electrons. The largest absolute Gasteiger partial charge is 0.132 e. The summed E-state index contributed by atoms with van der Waals surface area (Å²) >= 11 is 9.28. The standard InChI is InChI=1S/C15H24Br2S/c1-3-4-5-6-7-8-9-10-13(16)14-11-12(2)15(17)18-14/h11,13H,3-10H2,1-2H3. The van der Waals surface area contributed by atoms with Crippen molar-refractivity contribution in [3.63, 3.8) is 0 Å². The molecule has 0 N–H and O–H groups in total. The van der Waals surface area contributed by atoms with Crippen LogP contribution in [0.3, 0.4) is 0 Å². The van der Waals surface area contributed by atoms with Crippen LogP contribution in [-0.2, 0) is 0 Å². The van der Waals surface area contributed by atoms with Gasteiger partial charge in [0.2, 0.25) is 0 Å². The lowest BCUT2D eigenvalue weighted by Gasteiger charge is -2.07. The molecule has 0 aliphatic heterocycles. The summed E-state index contributed by atoms with van der Waals surface area (Å²) in [5.41, 5.74) is 1.36. The van der Waals surface area contributed by atoms with Crippen molar-refractivity contribution in [3.05, 3.63) is 20.3 Å². The lowest BCUT2D eigenvalue weighted by atomic mass is 10.1. The fourth-order valence-electron chi connectivity index (χ4n) is 2.06. The predicted octanol–water partition coefficient (Wildman–Crippen LogP) is 7.40. The number of unbranched alkanes of at least 4 members (excludes halogenated alkanes) is 6. The third kappa shape index (κ3) is 6.21. The summed E-state index contributed by atoms with van der Waals surface area (Å²) in [6.07, 6.45) is 11.0. The fraction of sp³-hybridized carbons (Fsp3) is 0.733. The maximum Gasteiger partial charge on any atom is 0.0730 e. The molecule has 1 rings (SSSR count). The van der Waals surface area contributed by atoms with E-state index in [1.807, 2.05) is 11.3 Å². The van der Waals surface area contributed by atoms with E-state index in [0.717, 1.165) is 0 Å². The first-order valence-electron chi connectivity index (χ1n) is 7.05. The van der Waals surface area contributed by atoms with E-state index in [9.17, 15) is 0 Å². The van der Waals surface area contributed by atoms with E-state index in [0.29, 0.717) is 4.83 Å². The Hall–Kier alpha value is 0.660. The molecule has 0 spiro atoms. The molecule has 1 aromatic heterocycles. The Morgan fingerprint density at radius 1 is 1.11 bits per heavy atom. The van der Waals surface area contributed by atoms with Gasteiger partial charge in [0.1, 0.15) is 0 Å². The minimum atomic E-state index is 0.545. The molecule has 18 heavy (non-hydrogen) atoms. The highest BCUT2D eigenvalue weighted by Gasteiger charge is 2.11. The molecule has 0 bridgehead atoms. The Bertz CT molecular complexity index is 314. The number of alkyl halides is 1. The second-order valence-corrected chi connectivity index (χ2v) is 8.49. The van der Waals surface area contributed by atoms with Crippen LogP contribution in [0.25, 0.3) is 0 Å². The van der Waals surface area contributed by atoms with E-state index >= 15 is 0 Å². The minimum Gasteiger partial charge on any atom is -0.132 e. The minimum absolute atomic E-state index is 0.545. The van der Waals surface area contributed by atoms with Crippen molar-refractivity contribution in [1.82, 2.24) is 0 Å². The maximum atomic E-state index is 3.82. The Labute approximate surface area is 133 Å². The monoisotopic (exact) mass is 394 g/mol. The van der Waals surface area contributed by atoms with Crippen molar-refractivity contribution in [1.29, 1.82) is 0 Å². The Balaban J connectivity index is 2.12. The normalized spacial score (nSPS) is 12.9. The van der Waals surface area contributed by atoms with E-state index in [1.165, 1.54) is 65.6 Å². The van der Waals surface area contributed by atoms with Crippen LogP contribution in [0.1, 0.15) is 73.6 Å². The number of hydrogen-bond acceptors (Lipinski definition) is 1. The lowest BCUT2D eigenvalue weighted by molar-refractivity contribution is 0.575. The van der Waals surface area contributed by atoms with E-state index in [2.05, 4.69) is 51.8 Å². The van der Waals surface area contributed by atoms with Crippen LogP contribution in [0.5, 0.6) is 0 Å². The second kappa shape index (κ2) is 9.55. The van der Waals surface area contributed by atoms with Gasteiger partial charge in [-0.15, -0.1) is 11.3 Å². The zero-order valence-electron chi connectivity index (χ0n) is 11.5. The zero-order valence-corrected chi connectivity index (χ0v) is 15.5. The number of thiophene rings is 1. The number of hydrogen-bond donors (Lipinski definition) is 0. The molecule has 1 unspecified atom stereocenters. The first-order valence-corrected chi connectivity index (χ1v) is 9.57. The average molecular weight is 396 g/mol. The molecule has 0 radical (unpaired) electrons. The van der Waals surface area contributed by atoms with Gasteiger partial charge in [0.05, 0.1) is 3.79 Å². The van der Waals surface area contributed by atoms with Crippen molar-refractivity contribution < 1.29 is 0 Å². The maximum absolute atomic E-state index is 3.82. The number of aryl methyl sites for hydroxylation is 1. The van der Waals surface area contributed by atoms with Crippen molar-refractivity contribution >= 4 is 43.2 Å². The van der Waals surface area contributed by atoms with Gasteiger partial charge in [-0.25, -0.2) is 0 Å². The highest BCUT2D eigenvalue weighted by molar-refractivity contribution is 9.11. The molecule has 1 atom stereocenters. The highest BCUT2D eigenvalue weighted by atomic mass is 79.9. The molecular formula is C15H24Br2S. The molecule has 0 aromatic carbocycles. The predicted molar refractivity (Wildman–Crippen MR) is 91.0 cm³/mol. The number of halogens is 2. The van der Waals surface area contributed by atoms with Crippen LogP contribution in [0.2, 0.25) is 0 Å². The van der Waals surface area contributed by atoms with Gasteiger partial charge in [-0.2, -0.15) is 0 Å². The van der Waals surface area contributed by atoms with Gasteiger partial charge in [-0.3, -0.25) is 0 Å². The molecule has 0 saturated heterocycles. The van der Waals surface area contributed by atoms with E-state index in [-0.39, 0.29) is 0 Å². The van der Waals surface area contributed by atoms with Gasteiger partial charge in [-0.05, 0) is 40.9 Å². The van der Waals surface area contributed by atoms with Crippen LogP contribution in [0.4, 0.5) is 0 Å². The molecule has 3 heteroatoms. The van der Waals surface area contributed by atoms with Gasteiger partial charge < -0.3 is 0 Å². The molecule has 1 heterocycles. The van der Waals surface area contributed by atoms with Crippen molar-refractivity contribution in [2.24, 2.45) is 0 Å². The fourth-order valence-corrected chi connectivity index (χ4v) is 4.38. The van der Waals surface area contributed by atoms with Crippen molar-refractivity contribution in [2.75, 3.05) is 0 Å². The summed E-state index contributed by atoms with van der Waals surface area (Å²) in [5.74, 6) is 0. The Morgan fingerprint density at radius 2 is 1.72 bits per heavy atom. The van der Waals surface area contributed by atoms with E-state index in [4.69, 9.17) is 0 Å². The van der Waals surface area contributed by atoms with Crippen LogP contribution >= 0.6 is 43.2 Å². The SMILES string of the molecule is CCCCCCCCCC(Br)c1cc(C)c(Br)s1. The lowest BCUT2D eigenvalue weighted by Crippen LogP contribution is -1.87. The van der Waals surface area contributed by atoms with Gasteiger partial charge in [0, 0.05) is 9.70 Å². The summed E-state index contributed by atoms with van der Waals surface area (Å²) in [6, 6.07) is 2.30. The van der Waals surface area contributed by atoms with Gasteiger partial charge >= 0.3 is 0 Å². The van der Waals surface area contributed by atoms with Crippen LogP contribution in [0, 0.1) is 6.92 Å². The molecule has 0 nitrogen and oxygen atoms in total. The molecule has 0 fully saturated rings. The van der Waals surface area contributed by atoms with Crippen molar-refractivity contribution in [3.8, 4) is 0 Å². The Morgan fingerprint density at radius 3 is 2.28 bits per heavy atom. The first kappa shape index (κ1) is 16.7. The quantitative estimate of drug-likeness (QED) is 0.301. The van der Waals surface area contributed by atoms with Gasteiger partial charge in [-0.1, -0.05) is 67.8 Å². The summed E-state index contributed by atoms with van der Waals surface area (Å²) < 4.78 is 1.28. The third-order valence-corrected chi connectivity index (χ3v) is 6.75. The van der Waals surface area contributed by atoms with E-state index < -0.39 is 0 Å². The molecule has 0 aliphatic carbocycles. The zero-order chi connectivity index (χ0) is 13.4. The van der Waals surface area contributed by atoms with Gasteiger partial charge in [0.15, 0.2) is 0 Å². The smallest absolute Gasteiger partial charge is 0.0730 e. The first-order chi connectivity index (χ1) is 8.65. The van der Waals surface area contributed by atoms with Crippen LogP contribution in [0.15, 0.2) is 9.85 Å². The van der Waals surface area contributed by atoms with E-state index in [1.54, 1.807) is 0 Å². The topological polar surface area (TPSA) is 0 Å². The van der Waals surface area contributed by atoms with Crippen LogP contribution in [-0.4, -0.2) is 0 Å². The summed E-state index contributed by atoms with van der Waals surface area (Å²) in [6.45, 7) is 4.44. The molecular weight excluding hydrogens is 372 g/mol. The van der Waals surface area contributed by atoms with Crippen molar-refractivity contribution in [2.45, 2.75) is 70.0 Å².